The van der Waals surface area contributed by atoms with Gasteiger partial charge in [0.2, 0.25) is 0 Å². The van der Waals surface area contributed by atoms with Crippen molar-refractivity contribution in [1.29, 1.82) is 0 Å². The lowest BCUT2D eigenvalue weighted by Crippen LogP contribution is -2.31. The first-order valence-corrected chi connectivity index (χ1v) is 7.57. The van der Waals surface area contributed by atoms with Gasteiger partial charge in [-0.1, -0.05) is 18.2 Å². The van der Waals surface area contributed by atoms with Crippen molar-refractivity contribution < 1.29 is 13.9 Å². The smallest absolute Gasteiger partial charge is 0.255 e. The minimum Gasteiger partial charge on any atom is -0.496 e. The third-order valence-electron chi connectivity index (χ3n) is 3.95. The lowest BCUT2D eigenvalue weighted by atomic mass is 10.0. The zero-order valence-electron chi connectivity index (χ0n) is 13.8. The Kier molecular flexibility index (Phi) is 4.37. The molecular weight excluding hydrogens is 306 g/mol. The molecule has 1 N–H and O–H groups in total. The molecule has 0 aliphatic rings. The first-order valence-electron chi connectivity index (χ1n) is 7.57. The van der Waals surface area contributed by atoms with Gasteiger partial charge in [-0.05, 0) is 19.1 Å². The molecule has 3 aromatic rings. The molecule has 124 valence electrons. The van der Waals surface area contributed by atoms with Crippen LogP contribution in [0.1, 0.15) is 33.5 Å². The van der Waals surface area contributed by atoms with Crippen LogP contribution in [-0.2, 0) is 7.05 Å². The standard InChI is InChI=1S/C18H19N3O3/c1-12-13(8-11-24-12)18(22)20-16(17-19-9-10-21(17)2)14-6-4-5-7-15(14)23-3/h4-11,16H,1-3H3,(H,20,22). The summed E-state index contributed by atoms with van der Waals surface area (Å²) < 4.78 is 12.6. The van der Waals surface area contributed by atoms with Crippen LogP contribution >= 0.6 is 0 Å². The number of aromatic nitrogens is 2. The molecule has 1 atom stereocenters. The second-order valence-corrected chi connectivity index (χ2v) is 5.44. The van der Waals surface area contributed by atoms with Crippen LogP contribution < -0.4 is 10.1 Å². The molecule has 1 unspecified atom stereocenters. The summed E-state index contributed by atoms with van der Waals surface area (Å²) in [5, 5.41) is 3.03. The number of furan rings is 1. The number of hydrogen-bond acceptors (Lipinski definition) is 4. The van der Waals surface area contributed by atoms with Gasteiger partial charge in [-0.2, -0.15) is 0 Å². The van der Waals surface area contributed by atoms with Crippen molar-refractivity contribution in [1.82, 2.24) is 14.9 Å². The normalized spacial score (nSPS) is 12.0. The van der Waals surface area contributed by atoms with Gasteiger partial charge in [-0.25, -0.2) is 4.98 Å². The Morgan fingerprint density at radius 2 is 2.12 bits per heavy atom. The van der Waals surface area contributed by atoms with Gasteiger partial charge in [0.1, 0.15) is 23.4 Å². The SMILES string of the molecule is COc1ccccc1C(NC(=O)c1ccoc1C)c1nccn1C. The van der Waals surface area contributed by atoms with Crippen LogP contribution in [0.5, 0.6) is 5.75 Å². The number of nitrogens with zero attached hydrogens (tertiary/aromatic N) is 2. The second-order valence-electron chi connectivity index (χ2n) is 5.44. The Hall–Kier alpha value is -3.02. The molecule has 24 heavy (non-hydrogen) atoms. The van der Waals surface area contributed by atoms with E-state index < -0.39 is 6.04 Å². The molecule has 0 aliphatic heterocycles. The Labute approximate surface area is 140 Å². The Bertz CT molecular complexity index is 851. The number of aryl methyl sites for hydroxylation is 2. The highest BCUT2D eigenvalue weighted by Gasteiger charge is 2.25. The summed E-state index contributed by atoms with van der Waals surface area (Å²) in [5.74, 6) is 1.76. The first kappa shape index (κ1) is 15.9. The van der Waals surface area contributed by atoms with Crippen LogP contribution in [0.4, 0.5) is 0 Å². The summed E-state index contributed by atoms with van der Waals surface area (Å²) in [7, 11) is 3.50. The van der Waals surface area contributed by atoms with Crippen molar-refractivity contribution in [3.63, 3.8) is 0 Å². The zero-order chi connectivity index (χ0) is 17.1. The largest absolute Gasteiger partial charge is 0.496 e. The number of carbonyl (C=O) groups is 1. The average Bonchev–Trinajstić information content (AvgIpc) is 3.21. The molecule has 0 saturated carbocycles. The van der Waals surface area contributed by atoms with Crippen molar-refractivity contribution in [2.75, 3.05) is 7.11 Å². The fourth-order valence-corrected chi connectivity index (χ4v) is 2.67. The number of rotatable bonds is 5. The predicted molar refractivity (Wildman–Crippen MR) is 89.0 cm³/mol. The van der Waals surface area contributed by atoms with Gasteiger partial charge in [0, 0.05) is 25.0 Å². The quantitative estimate of drug-likeness (QED) is 0.783. The summed E-state index contributed by atoms with van der Waals surface area (Å²) in [4.78, 5) is 17.1. The van der Waals surface area contributed by atoms with Crippen LogP contribution in [0.3, 0.4) is 0 Å². The Morgan fingerprint density at radius 3 is 2.75 bits per heavy atom. The molecule has 6 nitrogen and oxygen atoms in total. The van der Waals surface area contributed by atoms with E-state index in [2.05, 4.69) is 10.3 Å². The lowest BCUT2D eigenvalue weighted by molar-refractivity contribution is 0.0939. The molecule has 0 spiro atoms. The average molecular weight is 325 g/mol. The predicted octanol–water partition coefficient (Wildman–Crippen LogP) is 2.85. The third kappa shape index (κ3) is 2.90. The first-order chi connectivity index (χ1) is 11.6. The Morgan fingerprint density at radius 1 is 1.33 bits per heavy atom. The van der Waals surface area contributed by atoms with Crippen LogP contribution in [0.2, 0.25) is 0 Å². The monoisotopic (exact) mass is 325 g/mol. The molecule has 0 saturated heterocycles. The molecule has 0 aliphatic carbocycles. The second kappa shape index (κ2) is 6.62. The molecule has 6 heteroatoms. The van der Waals surface area contributed by atoms with E-state index in [1.54, 1.807) is 26.3 Å². The molecule has 2 heterocycles. The lowest BCUT2D eigenvalue weighted by Gasteiger charge is -2.21. The van der Waals surface area contributed by atoms with Gasteiger partial charge < -0.3 is 19.0 Å². The van der Waals surface area contributed by atoms with E-state index in [0.29, 0.717) is 22.9 Å². The minimum atomic E-state index is -0.442. The van der Waals surface area contributed by atoms with Crippen LogP contribution in [0.25, 0.3) is 0 Å². The number of carbonyl (C=O) groups excluding carboxylic acids is 1. The van der Waals surface area contributed by atoms with Gasteiger partial charge in [-0.3, -0.25) is 4.79 Å². The third-order valence-corrected chi connectivity index (χ3v) is 3.95. The van der Waals surface area contributed by atoms with Crippen molar-refractivity contribution in [3.8, 4) is 5.75 Å². The molecule has 3 rings (SSSR count). The zero-order valence-corrected chi connectivity index (χ0v) is 13.8. The summed E-state index contributed by atoms with van der Waals surface area (Å²) >= 11 is 0. The van der Waals surface area contributed by atoms with E-state index in [1.165, 1.54) is 6.26 Å². The number of benzene rings is 1. The number of methoxy groups -OCH3 is 1. The topological polar surface area (TPSA) is 69.3 Å². The summed E-state index contributed by atoms with van der Waals surface area (Å²) in [6, 6.07) is 8.79. The van der Waals surface area contributed by atoms with Crippen molar-refractivity contribution in [2.24, 2.45) is 7.05 Å². The summed E-state index contributed by atoms with van der Waals surface area (Å²) in [6.45, 7) is 1.76. The maximum atomic E-state index is 12.7. The highest BCUT2D eigenvalue weighted by Crippen LogP contribution is 2.29. The highest BCUT2D eigenvalue weighted by atomic mass is 16.5. The van der Waals surface area contributed by atoms with E-state index in [-0.39, 0.29) is 5.91 Å². The number of hydrogen-bond donors (Lipinski definition) is 1. The van der Waals surface area contributed by atoms with Gasteiger partial charge in [0.15, 0.2) is 0 Å². The number of nitrogens with one attached hydrogen (secondary N) is 1. The maximum absolute atomic E-state index is 12.7. The number of imidazole rings is 1. The van der Waals surface area contributed by atoms with E-state index >= 15 is 0 Å². The van der Waals surface area contributed by atoms with Crippen LogP contribution in [-0.4, -0.2) is 22.6 Å². The van der Waals surface area contributed by atoms with E-state index in [1.807, 2.05) is 42.1 Å². The Balaban J connectivity index is 2.02. The summed E-state index contributed by atoms with van der Waals surface area (Å²) in [6.07, 6.45) is 5.04. The number of amides is 1. The molecule has 2 aromatic heterocycles. The van der Waals surface area contributed by atoms with E-state index in [4.69, 9.17) is 9.15 Å². The van der Waals surface area contributed by atoms with Gasteiger partial charge in [-0.15, -0.1) is 0 Å². The van der Waals surface area contributed by atoms with Gasteiger partial charge in [0.05, 0.1) is 18.9 Å². The van der Waals surface area contributed by atoms with E-state index in [9.17, 15) is 4.79 Å². The van der Waals surface area contributed by atoms with Crippen LogP contribution in [0, 0.1) is 6.92 Å². The van der Waals surface area contributed by atoms with Crippen LogP contribution in [0.15, 0.2) is 53.4 Å². The fourth-order valence-electron chi connectivity index (χ4n) is 2.67. The molecule has 1 amide bonds. The molecular formula is C18H19N3O3. The summed E-state index contributed by atoms with van der Waals surface area (Å²) in [5.41, 5.74) is 1.34. The fraction of sp³-hybridized carbons (Fsp3) is 0.222. The van der Waals surface area contributed by atoms with E-state index in [0.717, 1.165) is 5.56 Å². The van der Waals surface area contributed by atoms with Crippen molar-refractivity contribution in [2.45, 2.75) is 13.0 Å². The minimum absolute atomic E-state index is 0.222. The van der Waals surface area contributed by atoms with Gasteiger partial charge >= 0.3 is 0 Å². The molecule has 1 aromatic carbocycles. The van der Waals surface area contributed by atoms with Crippen molar-refractivity contribution >= 4 is 5.91 Å². The number of para-hydroxylation sites is 1. The van der Waals surface area contributed by atoms with Gasteiger partial charge in [0.25, 0.3) is 5.91 Å². The number of ether oxygens (including phenoxy) is 1. The maximum Gasteiger partial charge on any atom is 0.255 e. The molecule has 0 radical (unpaired) electrons. The van der Waals surface area contributed by atoms with Crippen molar-refractivity contribution in [3.05, 3.63) is 71.7 Å². The highest BCUT2D eigenvalue weighted by molar-refractivity contribution is 5.95. The molecule has 0 bridgehead atoms. The molecule has 0 fully saturated rings.